The Morgan fingerprint density at radius 1 is 1.16 bits per heavy atom. The molecule has 19 heavy (non-hydrogen) atoms. The number of aryl methyl sites for hydroxylation is 1. The summed E-state index contributed by atoms with van der Waals surface area (Å²) < 4.78 is 4.13. The van der Waals surface area contributed by atoms with E-state index >= 15 is 0 Å². The van der Waals surface area contributed by atoms with Gasteiger partial charge in [0.2, 0.25) is 0 Å². The van der Waals surface area contributed by atoms with Gasteiger partial charge in [-0.3, -0.25) is 0 Å². The third-order valence-corrected chi connectivity index (χ3v) is 3.77. The van der Waals surface area contributed by atoms with Crippen LogP contribution < -0.4 is 0 Å². The molecule has 3 aromatic rings. The minimum Gasteiger partial charge on any atom is -0.322 e. The molecule has 1 aromatic carbocycles. The Morgan fingerprint density at radius 3 is 2.89 bits per heavy atom. The predicted octanol–water partition coefficient (Wildman–Crippen LogP) is 2.11. The van der Waals surface area contributed by atoms with Crippen LogP contribution in [0.3, 0.4) is 0 Å². The third-order valence-electron chi connectivity index (χ3n) is 3.77. The maximum absolute atomic E-state index is 4.72. The molecular formula is C14H13N5. The number of rotatable bonds is 0. The molecular weight excluding hydrogens is 238 g/mol. The summed E-state index contributed by atoms with van der Waals surface area (Å²) in [5, 5.41) is 8.23. The Balaban J connectivity index is 2.13. The smallest absolute Gasteiger partial charge is 0.142 e. The number of benzene rings is 1. The molecule has 4 rings (SSSR count). The first-order valence-electron chi connectivity index (χ1n) is 6.29. The van der Waals surface area contributed by atoms with E-state index in [0.717, 1.165) is 35.0 Å². The number of hydrogen-bond acceptors (Lipinski definition) is 3. The zero-order valence-corrected chi connectivity index (χ0v) is 10.8. The first kappa shape index (κ1) is 10.5. The normalized spacial score (nSPS) is 12.5. The number of nitrogens with zero attached hydrogens (tertiary/aromatic N) is 5. The Kier molecular flexibility index (Phi) is 1.95. The van der Waals surface area contributed by atoms with Gasteiger partial charge in [0.15, 0.2) is 0 Å². The summed E-state index contributed by atoms with van der Waals surface area (Å²) in [5.41, 5.74) is 5.48. The van der Waals surface area contributed by atoms with Crippen molar-refractivity contribution in [1.29, 1.82) is 0 Å². The second-order valence-corrected chi connectivity index (χ2v) is 4.85. The van der Waals surface area contributed by atoms with Crippen LogP contribution in [-0.2, 0) is 6.54 Å². The lowest BCUT2D eigenvalue weighted by Gasteiger charge is -2.06. The summed E-state index contributed by atoms with van der Waals surface area (Å²) in [5.74, 6) is 1.01. The summed E-state index contributed by atoms with van der Waals surface area (Å²) in [6.07, 6.45) is 1.82. The van der Waals surface area contributed by atoms with Crippen molar-refractivity contribution in [2.75, 3.05) is 0 Å². The van der Waals surface area contributed by atoms with E-state index in [9.17, 15) is 0 Å². The first-order valence-corrected chi connectivity index (χ1v) is 6.29. The molecule has 3 heterocycles. The molecule has 1 aliphatic rings. The zero-order chi connectivity index (χ0) is 13.0. The lowest BCUT2D eigenvalue weighted by Crippen LogP contribution is -2.05. The largest absolute Gasteiger partial charge is 0.322 e. The van der Waals surface area contributed by atoms with Crippen LogP contribution in [0.15, 0.2) is 30.5 Å². The number of fused-ring (bicyclic) bond motifs is 5. The molecule has 0 spiro atoms. The Morgan fingerprint density at radius 2 is 2.00 bits per heavy atom. The molecule has 0 bridgehead atoms. The molecule has 0 fully saturated rings. The van der Waals surface area contributed by atoms with E-state index in [1.165, 1.54) is 5.69 Å². The van der Waals surface area contributed by atoms with Crippen molar-refractivity contribution in [2.45, 2.75) is 20.4 Å². The molecule has 2 aromatic heterocycles. The van der Waals surface area contributed by atoms with Gasteiger partial charge in [-0.2, -0.15) is 0 Å². The lowest BCUT2D eigenvalue weighted by atomic mass is 10.1. The first-order chi connectivity index (χ1) is 9.25. The Bertz CT molecular complexity index is 781. The number of aromatic nitrogens is 5. The molecule has 0 radical (unpaired) electrons. The van der Waals surface area contributed by atoms with Gasteiger partial charge in [0.05, 0.1) is 29.8 Å². The molecule has 5 nitrogen and oxygen atoms in total. The van der Waals surface area contributed by atoms with Gasteiger partial charge in [-0.15, -0.1) is 5.10 Å². The van der Waals surface area contributed by atoms with Crippen LogP contribution in [-0.4, -0.2) is 24.5 Å². The van der Waals surface area contributed by atoms with Gasteiger partial charge < -0.3 is 4.57 Å². The molecule has 0 saturated heterocycles. The molecule has 5 heteroatoms. The van der Waals surface area contributed by atoms with E-state index in [4.69, 9.17) is 4.98 Å². The number of imidazole rings is 1. The lowest BCUT2D eigenvalue weighted by molar-refractivity contribution is 0.714. The Hall–Kier alpha value is -2.43. The molecule has 0 unspecified atom stereocenters. The molecule has 0 saturated carbocycles. The van der Waals surface area contributed by atoms with Gasteiger partial charge in [0.25, 0.3) is 0 Å². The predicted molar refractivity (Wildman–Crippen MR) is 71.2 cm³/mol. The number of hydrogen-bond donors (Lipinski definition) is 0. The number of para-hydroxylation sites is 1. The van der Waals surface area contributed by atoms with Gasteiger partial charge in [-0.05, 0) is 26.0 Å². The summed E-state index contributed by atoms with van der Waals surface area (Å²) >= 11 is 0. The van der Waals surface area contributed by atoms with Crippen molar-refractivity contribution >= 4 is 0 Å². The highest BCUT2D eigenvalue weighted by Crippen LogP contribution is 2.31. The summed E-state index contributed by atoms with van der Waals surface area (Å²) in [6, 6.07) is 8.19. The standard InChI is InChI=1S/C14H13N5/c1-9-10(2)18-8-11-7-15-17-19(11)13-6-4-3-5-12(13)14(18)16-9/h3-7H,8H2,1-2H3. The maximum Gasteiger partial charge on any atom is 0.142 e. The highest BCUT2D eigenvalue weighted by molar-refractivity contribution is 5.69. The third kappa shape index (κ3) is 1.32. The minimum atomic E-state index is 0.754. The van der Waals surface area contributed by atoms with Crippen LogP contribution in [0.2, 0.25) is 0 Å². The second-order valence-electron chi connectivity index (χ2n) is 4.85. The topological polar surface area (TPSA) is 48.5 Å². The van der Waals surface area contributed by atoms with Crippen LogP contribution in [0, 0.1) is 13.8 Å². The average Bonchev–Trinajstić information content (AvgIpc) is 2.96. The molecule has 1 aliphatic heterocycles. The van der Waals surface area contributed by atoms with Crippen molar-refractivity contribution in [3.8, 4) is 17.1 Å². The van der Waals surface area contributed by atoms with Crippen LogP contribution in [0.25, 0.3) is 17.1 Å². The van der Waals surface area contributed by atoms with Crippen LogP contribution in [0.4, 0.5) is 0 Å². The van der Waals surface area contributed by atoms with E-state index < -0.39 is 0 Å². The van der Waals surface area contributed by atoms with Gasteiger partial charge in [0.1, 0.15) is 5.82 Å². The molecule has 0 amide bonds. The van der Waals surface area contributed by atoms with E-state index in [1.807, 2.05) is 23.0 Å². The minimum absolute atomic E-state index is 0.754. The Labute approximate surface area is 110 Å². The SMILES string of the molecule is Cc1nc2n(c1C)Cc1cnnn1-c1ccccc1-2. The van der Waals surface area contributed by atoms with Crippen LogP contribution in [0.5, 0.6) is 0 Å². The van der Waals surface area contributed by atoms with E-state index in [2.05, 4.69) is 40.9 Å². The highest BCUT2D eigenvalue weighted by Gasteiger charge is 2.22. The van der Waals surface area contributed by atoms with Gasteiger partial charge in [-0.1, -0.05) is 17.3 Å². The quantitative estimate of drug-likeness (QED) is 0.481. The van der Waals surface area contributed by atoms with Crippen molar-refractivity contribution < 1.29 is 0 Å². The average molecular weight is 251 g/mol. The molecule has 0 atom stereocenters. The van der Waals surface area contributed by atoms with Gasteiger partial charge >= 0.3 is 0 Å². The van der Waals surface area contributed by atoms with Crippen LogP contribution in [0.1, 0.15) is 17.1 Å². The van der Waals surface area contributed by atoms with Crippen molar-refractivity contribution in [3.63, 3.8) is 0 Å². The summed E-state index contributed by atoms with van der Waals surface area (Å²) in [6.45, 7) is 4.91. The fourth-order valence-corrected chi connectivity index (χ4v) is 2.63. The van der Waals surface area contributed by atoms with Gasteiger partial charge in [0, 0.05) is 11.3 Å². The second kappa shape index (κ2) is 3.54. The van der Waals surface area contributed by atoms with Gasteiger partial charge in [-0.25, -0.2) is 9.67 Å². The fraction of sp³-hybridized carbons (Fsp3) is 0.214. The zero-order valence-electron chi connectivity index (χ0n) is 10.8. The summed E-state index contributed by atoms with van der Waals surface area (Å²) in [7, 11) is 0. The molecule has 0 N–H and O–H groups in total. The van der Waals surface area contributed by atoms with E-state index in [0.29, 0.717) is 0 Å². The monoisotopic (exact) mass is 251 g/mol. The maximum atomic E-state index is 4.72. The molecule has 0 aliphatic carbocycles. The van der Waals surface area contributed by atoms with Crippen molar-refractivity contribution in [1.82, 2.24) is 24.5 Å². The van der Waals surface area contributed by atoms with Crippen molar-refractivity contribution in [2.24, 2.45) is 0 Å². The van der Waals surface area contributed by atoms with E-state index in [-0.39, 0.29) is 0 Å². The van der Waals surface area contributed by atoms with E-state index in [1.54, 1.807) is 0 Å². The van der Waals surface area contributed by atoms with Crippen molar-refractivity contribution in [3.05, 3.63) is 47.5 Å². The fourth-order valence-electron chi connectivity index (χ4n) is 2.63. The highest BCUT2D eigenvalue weighted by atomic mass is 15.4. The molecule has 94 valence electrons. The summed E-state index contributed by atoms with van der Waals surface area (Å²) in [4.78, 5) is 4.72. The van der Waals surface area contributed by atoms with Crippen LogP contribution >= 0.6 is 0 Å².